The third kappa shape index (κ3) is 3.95. The van der Waals surface area contributed by atoms with Gasteiger partial charge >= 0.3 is 0 Å². The van der Waals surface area contributed by atoms with Crippen molar-refractivity contribution >= 4 is 17.3 Å². The Bertz CT molecular complexity index is 621. The molecule has 116 valence electrons. The van der Waals surface area contributed by atoms with Gasteiger partial charge in [-0.05, 0) is 38.8 Å². The average molecular weight is 298 g/mol. The number of nitrogens with one attached hydrogen (secondary N) is 2. The zero-order chi connectivity index (χ0) is 15.4. The molecule has 5 heteroatoms. The lowest BCUT2D eigenvalue weighted by Gasteiger charge is -2.13. The van der Waals surface area contributed by atoms with Crippen LogP contribution in [0.1, 0.15) is 24.2 Å². The molecule has 22 heavy (non-hydrogen) atoms. The van der Waals surface area contributed by atoms with E-state index < -0.39 is 0 Å². The fourth-order valence-corrected chi connectivity index (χ4v) is 2.53. The number of ether oxygens (including phenoxy) is 1. The second-order valence-electron chi connectivity index (χ2n) is 5.69. The molecule has 1 aromatic carbocycles. The molecule has 0 spiro atoms. The van der Waals surface area contributed by atoms with Crippen molar-refractivity contribution < 1.29 is 4.74 Å². The van der Waals surface area contributed by atoms with E-state index >= 15 is 0 Å². The van der Waals surface area contributed by atoms with Crippen molar-refractivity contribution in [2.45, 2.75) is 32.8 Å². The zero-order valence-electron chi connectivity index (χ0n) is 13.1. The quantitative estimate of drug-likeness (QED) is 0.885. The largest absolute Gasteiger partial charge is 0.376 e. The first-order valence-electron chi connectivity index (χ1n) is 7.74. The molecule has 1 saturated heterocycles. The molecule has 2 heterocycles. The molecule has 0 bridgehead atoms. The van der Waals surface area contributed by atoms with Gasteiger partial charge < -0.3 is 15.4 Å². The molecule has 0 aliphatic carbocycles. The molecule has 5 nitrogen and oxygen atoms in total. The van der Waals surface area contributed by atoms with Gasteiger partial charge in [0.2, 0.25) is 0 Å². The van der Waals surface area contributed by atoms with Crippen molar-refractivity contribution in [3.8, 4) is 0 Å². The summed E-state index contributed by atoms with van der Waals surface area (Å²) in [7, 11) is 0. The minimum absolute atomic E-state index is 0.295. The molecule has 3 rings (SSSR count). The Balaban J connectivity index is 1.67. The van der Waals surface area contributed by atoms with E-state index in [9.17, 15) is 0 Å². The fourth-order valence-electron chi connectivity index (χ4n) is 2.53. The minimum atomic E-state index is 0.295. The number of hydrogen-bond acceptors (Lipinski definition) is 5. The van der Waals surface area contributed by atoms with Gasteiger partial charge in [-0.25, -0.2) is 9.97 Å². The van der Waals surface area contributed by atoms with Crippen molar-refractivity contribution in [2.24, 2.45) is 0 Å². The molecule has 1 aromatic heterocycles. The molecule has 0 saturated carbocycles. The van der Waals surface area contributed by atoms with Crippen molar-refractivity contribution in [3.05, 3.63) is 41.7 Å². The fraction of sp³-hybridized carbons (Fsp3) is 0.412. The van der Waals surface area contributed by atoms with Crippen LogP contribution in [0.15, 0.2) is 30.3 Å². The van der Waals surface area contributed by atoms with Crippen LogP contribution in [0, 0.1) is 13.8 Å². The summed E-state index contributed by atoms with van der Waals surface area (Å²) in [6.45, 7) is 5.64. The van der Waals surface area contributed by atoms with Crippen molar-refractivity contribution in [3.63, 3.8) is 0 Å². The molecule has 1 atom stereocenters. The van der Waals surface area contributed by atoms with E-state index in [1.807, 2.05) is 25.1 Å². The van der Waals surface area contributed by atoms with Crippen LogP contribution < -0.4 is 10.6 Å². The van der Waals surface area contributed by atoms with Crippen LogP contribution in [0.4, 0.5) is 17.3 Å². The van der Waals surface area contributed by atoms with Crippen LogP contribution in [0.2, 0.25) is 0 Å². The van der Waals surface area contributed by atoms with Gasteiger partial charge in [-0.1, -0.05) is 17.7 Å². The van der Waals surface area contributed by atoms with Crippen molar-refractivity contribution in [1.82, 2.24) is 9.97 Å². The number of anilines is 3. The number of nitrogens with zero attached hydrogens (tertiary/aromatic N) is 2. The van der Waals surface area contributed by atoms with E-state index in [0.717, 1.165) is 49.1 Å². The number of benzene rings is 1. The molecule has 1 fully saturated rings. The van der Waals surface area contributed by atoms with E-state index in [-0.39, 0.29) is 0 Å². The normalized spacial score (nSPS) is 17.5. The average Bonchev–Trinajstić information content (AvgIpc) is 3.00. The Hall–Kier alpha value is -2.14. The van der Waals surface area contributed by atoms with Gasteiger partial charge in [0.1, 0.15) is 17.5 Å². The topological polar surface area (TPSA) is 59.1 Å². The summed E-state index contributed by atoms with van der Waals surface area (Å²) in [5, 5.41) is 6.66. The Morgan fingerprint density at radius 2 is 1.91 bits per heavy atom. The van der Waals surface area contributed by atoms with Gasteiger partial charge in [-0.3, -0.25) is 0 Å². The first-order chi connectivity index (χ1) is 10.7. The van der Waals surface area contributed by atoms with Crippen LogP contribution in [0.25, 0.3) is 0 Å². The first-order valence-corrected chi connectivity index (χ1v) is 7.74. The summed E-state index contributed by atoms with van der Waals surface area (Å²) < 4.78 is 5.62. The van der Waals surface area contributed by atoms with E-state index in [4.69, 9.17) is 4.74 Å². The number of aryl methyl sites for hydroxylation is 2. The molecule has 0 radical (unpaired) electrons. The second-order valence-corrected chi connectivity index (χ2v) is 5.69. The van der Waals surface area contributed by atoms with Gasteiger partial charge in [0.05, 0.1) is 6.10 Å². The lowest BCUT2D eigenvalue weighted by atomic mass is 10.2. The SMILES string of the molecule is Cc1ccc(Nc2cc(NCC3CCCO3)nc(C)n2)cc1. The third-order valence-electron chi connectivity index (χ3n) is 3.70. The van der Waals surface area contributed by atoms with Crippen molar-refractivity contribution in [1.29, 1.82) is 0 Å². The standard InChI is InChI=1S/C17H22N4O/c1-12-5-7-14(8-6-12)21-17-10-16(19-13(2)20-17)18-11-15-4-3-9-22-15/h5-8,10,15H,3-4,9,11H2,1-2H3,(H2,18,19,20,21). The predicted octanol–water partition coefficient (Wildman–Crippen LogP) is 3.43. The monoisotopic (exact) mass is 298 g/mol. The maximum absolute atomic E-state index is 5.62. The van der Waals surface area contributed by atoms with Crippen LogP contribution in [0.3, 0.4) is 0 Å². The molecule has 1 aliphatic rings. The lowest BCUT2D eigenvalue weighted by Crippen LogP contribution is -2.19. The van der Waals surface area contributed by atoms with Gasteiger partial charge in [0.25, 0.3) is 0 Å². The zero-order valence-corrected chi connectivity index (χ0v) is 13.1. The highest BCUT2D eigenvalue weighted by Gasteiger charge is 2.15. The Labute approximate surface area is 131 Å². The maximum Gasteiger partial charge on any atom is 0.136 e. The number of aromatic nitrogens is 2. The number of hydrogen-bond donors (Lipinski definition) is 2. The van der Waals surface area contributed by atoms with Gasteiger partial charge in [0.15, 0.2) is 0 Å². The Morgan fingerprint density at radius 3 is 2.64 bits per heavy atom. The highest BCUT2D eigenvalue weighted by Crippen LogP contribution is 2.19. The Kier molecular flexibility index (Phi) is 4.53. The van der Waals surface area contributed by atoms with E-state index in [2.05, 4.69) is 39.7 Å². The van der Waals surface area contributed by atoms with Crippen molar-refractivity contribution in [2.75, 3.05) is 23.8 Å². The smallest absolute Gasteiger partial charge is 0.136 e. The van der Waals surface area contributed by atoms with Gasteiger partial charge in [-0.15, -0.1) is 0 Å². The van der Waals surface area contributed by atoms with Crippen LogP contribution in [0.5, 0.6) is 0 Å². The molecule has 1 aliphatic heterocycles. The minimum Gasteiger partial charge on any atom is -0.376 e. The molecular formula is C17H22N4O. The highest BCUT2D eigenvalue weighted by molar-refractivity contribution is 5.59. The van der Waals surface area contributed by atoms with E-state index in [0.29, 0.717) is 6.10 Å². The Morgan fingerprint density at radius 1 is 1.14 bits per heavy atom. The summed E-state index contributed by atoms with van der Waals surface area (Å²) in [5.74, 6) is 2.37. The molecule has 1 unspecified atom stereocenters. The molecule has 2 N–H and O–H groups in total. The summed E-state index contributed by atoms with van der Waals surface area (Å²) in [6.07, 6.45) is 2.56. The summed E-state index contributed by atoms with van der Waals surface area (Å²) in [6, 6.07) is 10.2. The lowest BCUT2D eigenvalue weighted by molar-refractivity contribution is 0.120. The third-order valence-corrected chi connectivity index (χ3v) is 3.70. The van der Waals surface area contributed by atoms with Gasteiger partial charge in [-0.2, -0.15) is 0 Å². The first kappa shape index (κ1) is 14.8. The van der Waals surface area contributed by atoms with Crippen LogP contribution in [-0.4, -0.2) is 29.2 Å². The molecule has 2 aromatic rings. The van der Waals surface area contributed by atoms with Crippen LogP contribution in [-0.2, 0) is 4.74 Å². The van der Waals surface area contributed by atoms with Gasteiger partial charge in [0, 0.05) is 24.9 Å². The summed E-state index contributed by atoms with van der Waals surface area (Å²) in [5.41, 5.74) is 2.26. The van der Waals surface area contributed by atoms with E-state index in [1.165, 1.54) is 5.56 Å². The maximum atomic E-state index is 5.62. The second kappa shape index (κ2) is 6.75. The highest BCUT2D eigenvalue weighted by atomic mass is 16.5. The molecular weight excluding hydrogens is 276 g/mol. The molecule has 0 amide bonds. The van der Waals surface area contributed by atoms with E-state index in [1.54, 1.807) is 0 Å². The number of rotatable bonds is 5. The van der Waals surface area contributed by atoms with Crippen LogP contribution >= 0.6 is 0 Å². The summed E-state index contributed by atoms with van der Waals surface area (Å²) in [4.78, 5) is 8.87. The predicted molar refractivity (Wildman–Crippen MR) is 88.7 cm³/mol. The summed E-state index contributed by atoms with van der Waals surface area (Å²) >= 11 is 0.